The summed E-state index contributed by atoms with van der Waals surface area (Å²) in [4.78, 5) is 22.7. The van der Waals surface area contributed by atoms with Crippen molar-refractivity contribution in [1.82, 2.24) is 14.9 Å². The number of amidine groups is 1. The van der Waals surface area contributed by atoms with Crippen LogP contribution in [0.4, 0.5) is 11.6 Å². The third-order valence-corrected chi connectivity index (χ3v) is 6.25. The predicted octanol–water partition coefficient (Wildman–Crippen LogP) is 4.00. The number of nitrogens with zero attached hydrogens (tertiary/aromatic N) is 6. The lowest BCUT2D eigenvalue weighted by Gasteiger charge is -2.41. The van der Waals surface area contributed by atoms with E-state index in [1.165, 1.54) is 5.56 Å². The van der Waals surface area contributed by atoms with Crippen LogP contribution in [0.15, 0.2) is 64.8 Å². The molecule has 1 aliphatic rings. The summed E-state index contributed by atoms with van der Waals surface area (Å²) < 4.78 is 11.0. The molecule has 1 fully saturated rings. The van der Waals surface area contributed by atoms with Crippen LogP contribution in [-0.4, -0.2) is 74.4 Å². The van der Waals surface area contributed by atoms with E-state index in [4.69, 9.17) is 9.47 Å². The fourth-order valence-electron chi connectivity index (χ4n) is 4.47. The summed E-state index contributed by atoms with van der Waals surface area (Å²) >= 11 is 0. The van der Waals surface area contributed by atoms with Crippen molar-refractivity contribution in [3.63, 3.8) is 0 Å². The first-order chi connectivity index (χ1) is 17.1. The van der Waals surface area contributed by atoms with Crippen LogP contribution in [0.5, 0.6) is 11.5 Å². The van der Waals surface area contributed by atoms with Gasteiger partial charge in [0.2, 0.25) is 5.95 Å². The third-order valence-electron chi connectivity index (χ3n) is 6.25. The lowest BCUT2D eigenvalue weighted by atomic mass is 10.1. The topological polar surface area (TPSA) is 75.4 Å². The molecule has 0 radical (unpaired) electrons. The Morgan fingerprint density at radius 2 is 1.71 bits per heavy atom. The van der Waals surface area contributed by atoms with Gasteiger partial charge in [0.15, 0.2) is 11.5 Å². The minimum atomic E-state index is 0.181. The summed E-state index contributed by atoms with van der Waals surface area (Å²) in [5, 5.41) is 0. The van der Waals surface area contributed by atoms with Crippen molar-refractivity contribution in [2.75, 3.05) is 45.8 Å². The van der Waals surface area contributed by atoms with E-state index in [2.05, 4.69) is 67.7 Å². The smallest absolute Gasteiger partial charge is 0.225 e. The molecular weight excluding hydrogens is 440 g/mol. The van der Waals surface area contributed by atoms with Crippen LogP contribution in [0.2, 0.25) is 0 Å². The van der Waals surface area contributed by atoms with E-state index >= 15 is 0 Å². The van der Waals surface area contributed by atoms with E-state index in [1.807, 2.05) is 30.6 Å². The first-order valence-corrected chi connectivity index (χ1v) is 11.6. The molecule has 0 amide bonds. The quantitative estimate of drug-likeness (QED) is 0.382. The predicted molar refractivity (Wildman–Crippen MR) is 141 cm³/mol. The summed E-state index contributed by atoms with van der Waals surface area (Å²) in [6.07, 6.45) is 4.68. The van der Waals surface area contributed by atoms with E-state index in [9.17, 15) is 0 Å². The van der Waals surface area contributed by atoms with Crippen molar-refractivity contribution in [3.05, 3.63) is 71.5 Å². The second kappa shape index (κ2) is 11.0. The van der Waals surface area contributed by atoms with Crippen molar-refractivity contribution < 1.29 is 9.47 Å². The molecule has 2 aromatic carbocycles. The summed E-state index contributed by atoms with van der Waals surface area (Å²) in [6.45, 7) is 8.26. The summed E-state index contributed by atoms with van der Waals surface area (Å²) in [6, 6.07) is 14.3. The van der Waals surface area contributed by atoms with Crippen molar-refractivity contribution >= 4 is 24.2 Å². The molecule has 0 bridgehead atoms. The van der Waals surface area contributed by atoms with Gasteiger partial charge in [0.1, 0.15) is 5.84 Å². The molecule has 0 aliphatic carbocycles. The summed E-state index contributed by atoms with van der Waals surface area (Å²) in [5.41, 5.74) is 3.92. The highest BCUT2D eigenvalue weighted by atomic mass is 16.5. The summed E-state index contributed by atoms with van der Waals surface area (Å²) in [5.74, 6) is 2.84. The van der Waals surface area contributed by atoms with Crippen LogP contribution >= 0.6 is 0 Å². The largest absolute Gasteiger partial charge is 0.493 e. The van der Waals surface area contributed by atoms with Crippen molar-refractivity contribution in [2.45, 2.75) is 19.4 Å². The highest BCUT2D eigenvalue weighted by Gasteiger charge is 2.29. The molecule has 0 N–H and O–H groups in total. The van der Waals surface area contributed by atoms with Crippen LogP contribution in [0.1, 0.15) is 23.6 Å². The minimum absolute atomic E-state index is 0.181. The Bertz CT molecular complexity index is 1180. The Hall–Kier alpha value is -3.94. The second-order valence-corrected chi connectivity index (χ2v) is 8.47. The van der Waals surface area contributed by atoms with E-state index in [0.29, 0.717) is 17.2 Å². The average molecular weight is 473 g/mol. The number of hydrogen-bond donors (Lipinski definition) is 0. The Labute approximate surface area is 207 Å². The van der Waals surface area contributed by atoms with Crippen LogP contribution in [0.25, 0.3) is 0 Å². The molecule has 1 aliphatic heterocycles. The monoisotopic (exact) mass is 472 g/mol. The first kappa shape index (κ1) is 24.2. The number of methoxy groups -OCH3 is 2. The van der Waals surface area contributed by atoms with Crippen LogP contribution < -0.4 is 14.4 Å². The Kier molecular flexibility index (Phi) is 7.60. The molecule has 0 saturated carbocycles. The molecule has 35 heavy (non-hydrogen) atoms. The van der Waals surface area contributed by atoms with Gasteiger partial charge in [0.05, 0.1) is 19.9 Å². The maximum atomic E-state index is 5.52. The van der Waals surface area contributed by atoms with Gasteiger partial charge in [-0.3, -0.25) is 9.98 Å². The first-order valence-electron chi connectivity index (χ1n) is 11.6. The van der Waals surface area contributed by atoms with Gasteiger partial charge in [-0.1, -0.05) is 30.3 Å². The van der Waals surface area contributed by atoms with E-state index < -0.39 is 0 Å². The number of ether oxygens (including phenoxy) is 2. The molecule has 1 atom stereocenters. The molecule has 4 rings (SSSR count). The van der Waals surface area contributed by atoms with Gasteiger partial charge in [-0.15, -0.1) is 0 Å². The fourth-order valence-corrected chi connectivity index (χ4v) is 4.47. The van der Waals surface area contributed by atoms with Crippen molar-refractivity contribution in [3.8, 4) is 11.5 Å². The van der Waals surface area contributed by atoms with Crippen molar-refractivity contribution in [2.24, 2.45) is 9.98 Å². The number of aliphatic imine (C=N–C) groups is 2. The number of rotatable bonds is 7. The molecular formula is C27H32N6O2. The van der Waals surface area contributed by atoms with Gasteiger partial charge in [-0.25, -0.2) is 9.97 Å². The minimum Gasteiger partial charge on any atom is -0.493 e. The molecule has 3 aromatic rings. The van der Waals surface area contributed by atoms with Crippen LogP contribution in [0.3, 0.4) is 0 Å². The van der Waals surface area contributed by atoms with Crippen LogP contribution in [0, 0.1) is 0 Å². The van der Waals surface area contributed by atoms with Gasteiger partial charge in [-0.2, -0.15) is 0 Å². The molecule has 8 heteroatoms. The Morgan fingerprint density at radius 1 is 1.03 bits per heavy atom. The molecule has 1 saturated heterocycles. The van der Waals surface area contributed by atoms with E-state index in [-0.39, 0.29) is 6.04 Å². The van der Waals surface area contributed by atoms with Gasteiger partial charge in [0, 0.05) is 63.2 Å². The Balaban J connectivity index is 1.49. The average Bonchev–Trinajstić information content (AvgIpc) is 2.90. The number of hydrogen-bond acceptors (Lipinski definition) is 7. The van der Waals surface area contributed by atoms with E-state index in [1.54, 1.807) is 21.3 Å². The highest BCUT2D eigenvalue weighted by molar-refractivity contribution is 6.04. The van der Waals surface area contributed by atoms with Gasteiger partial charge in [0.25, 0.3) is 0 Å². The second-order valence-electron chi connectivity index (χ2n) is 8.47. The Morgan fingerprint density at radius 3 is 2.31 bits per heavy atom. The molecule has 0 unspecified atom stereocenters. The molecule has 1 aromatic heterocycles. The number of anilines is 1. The van der Waals surface area contributed by atoms with Crippen LogP contribution in [-0.2, 0) is 6.42 Å². The van der Waals surface area contributed by atoms with Gasteiger partial charge >= 0.3 is 0 Å². The number of aromatic nitrogens is 2. The maximum absolute atomic E-state index is 5.52. The number of benzene rings is 2. The zero-order valence-corrected chi connectivity index (χ0v) is 20.8. The highest BCUT2D eigenvalue weighted by Crippen LogP contribution is 2.36. The third kappa shape index (κ3) is 5.26. The standard InChI is InChI=1S/C27H32N6O2/c1-19-18-32(27-30-16-21(17-31-27)13-20-9-7-6-8-10-20)11-12-33(19)26(29-3)22-14-24(34-4)25(35-5)15-23(22)28-2/h6-10,14-17,19H,2,11-13,18H2,1,3-5H3/b29-26+/t19-/m0/s1. The lowest BCUT2D eigenvalue weighted by Crippen LogP contribution is -2.54. The maximum Gasteiger partial charge on any atom is 0.225 e. The van der Waals surface area contributed by atoms with Gasteiger partial charge < -0.3 is 19.3 Å². The summed E-state index contributed by atoms with van der Waals surface area (Å²) in [7, 11) is 5.03. The molecule has 8 nitrogen and oxygen atoms in total. The zero-order chi connectivity index (χ0) is 24.8. The lowest BCUT2D eigenvalue weighted by molar-refractivity contribution is 0.296. The molecule has 182 valence electrons. The van der Waals surface area contributed by atoms with Gasteiger partial charge in [-0.05, 0) is 30.8 Å². The fraction of sp³-hybridized carbons (Fsp3) is 0.333. The molecule has 2 heterocycles. The number of piperazine rings is 1. The molecule has 0 spiro atoms. The van der Waals surface area contributed by atoms with E-state index in [0.717, 1.165) is 49.0 Å². The van der Waals surface area contributed by atoms with Crippen molar-refractivity contribution in [1.29, 1.82) is 0 Å². The normalized spacial score (nSPS) is 16.2. The zero-order valence-electron chi connectivity index (χ0n) is 20.8. The SMILES string of the molecule is C=Nc1cc(OC)c(OC)cc1/C(=N\C)N1CCN(c2ncc(Cc3ccccc3)cn2)C[C@@H]1C.